The number of rotatable bonds is 3. The normalized spacial score (nSPS) is 21.8. The fourth-order valence-corrected chi connectivity index (χ4v) is 2.41. The zero-order valence-electron chi connectivity index (χ0n) is 10.0. The van der Waals surface area contributed by atoms with Crippen molar-refractivity contribution in [3.63, 3.8) is 0 Å². The smallest absolute Gasteiger partial charge is 0.155 e. The summed E-state index contributed by atoms with van der Waals surface area (Å²) in [5, 5.41) is 0. The molecule has 0 unspecified atom stereocenters. The molecule has 1 aromatic heterocycles. The van der Waals surface area contributed by atoms with Gasteiger partial charge in [0.1, 0.15) is 6.33 Å². The fourth-order valence-electron chi connectivity index (χ4n) is 2.41. The first-order valence-electron chi connectivity index (χ1n) is 6.36. The van der Waals surface area contributed by atoms with Gasteiger partial charge in [-0.3, -0.25) is 4.90 Å². The predicted octanol–water partition coefficient (Wildman–Crippen LogP) is 0.591. The number of aromatic nitrogens is 2. The highest BCUT2D eigenvalue weighted by Gasteiger charge is 2.26. The first-order valence-corrected chi connectivity index (χ1v) is 6.36. The Kier molecular flexibility index (Phi) is 2.84. The van der Waals surface area contributed by atoms with E-state index in [1.807, 2.05) is 0 Å². The third-order valence-electron chi connectivity index (χ3n) is 3.60. The van der Waals surface area contributed by atoms with Crippen molar-refractivity contribution < 1.29 is 0 Å². The van der Waals surface area contributed by atoms with Crippen LogP contribution in [0.3, 0.4) is 0 Å². The van der Waals surface area contributed by atoms with Crippen molar-refractivity contribution in [2.45, 2.75) is 12.8 Å². The summed E-state index contributed by atoms with van der Waals surface area (Å²) in [6.45, 7) is 5.58. The van der Waals surface area contributed by atoms with Crippen LogP contribution in [-0.2, 0) is 0 Å². The minimum Gasteiger partial charge on any atom is -0.394 e. The zero-order chi connectivity index (χ0) is 11.7. The summed E-state index contributed by atoms with van der Waals surface area (Å²) < 4.78 is 0. The third-order valence-corrected chi connectivity index (χ3v) is 3.60. The number of nitrogens with two attached hydrogens (primary N) is 1. The molecular formula is C12H19N5. The first-order chi connectivity index (χ1) is 8.33. The Morgan fingerprint density at radius 2 is 2.00 bits per heavy atom. The van der Waals surface area contributed by atoms with Gasteiger partial charge in [0.15, 0.2) is 5.82 Å². The van der Waals surface area contributed by atoms with Gasteiger partial charge in [0, 0.05) is 32.7 Å². The molecule has 2 heterocycles. The van der Waals surface area contributed by atoms with Gasteiger partial charge in [-0.25, -0.2) is 9.97 Å². The van der Waals surface area contributed by atoms with Crippen LogP contribution < -0.4 is 10.6 Å². The summed E-state index contributed by atoms with van der Waals surface area (Å²) >= 11 is 0. The molecule has 1 saturated heterocycles. The Bertz CT molecular complexity index is 382. The maximum absolute atomic E-state index is 5.90. The van der Waals surface area contributed by atoms with E-state index in [1.165, 1.54) is 19.4 Å². The van der Waals surface area contributed by atoms with Crippen LogP contribution in [0.15, 0.2) is 12.5 Å². The topological polar surface area (TPSA) is 58.3 Å². The monoisotopic (exact) mass is 233 g/mol. The van der Waals surface area contributed by atoms with Crippen LogP contribution >= 0.6 is 0 Å². The summed E-state index contributed by atoms with van der Waals surface area (Å²) in [6, 6.07) is 0. The molecule has 0 amide bonds. The average Bonchev–Trinajstić information content (AvgIpc) is 3.15. The van der Waals surface area contributed by atoms with Gasteiger partial charge in [0.05, 0.1) is 11.9 Å². The second-order valence-corrected chi connectivity index (χ2v) is 5.03. The Morgan fingerprint density at radius 1 is 1.24 bits per heavy atom. The van der Waals surface area contributed by atoms with E-state index in [4.69, 9.17) is 5.73 Å². The van der Waals surface area contributed by atoms with Gasteiger partial charge in [-0.15, -0.1) is 0 Å². The maximum Gasteiger partial charge on any atom is 0.155 e. The molecule has 5 nitrogen and oxygen atoms in total. The number of hydrogen-bond donors (Lipinski definition) is 1. The molecule has 0 radical (unpaired) electrons. The van der Waals surface area contributed by atoms with Crippen LogP contribution in [0.25, 0.3) is 0 Å². The highest BCUT2D eigenvalue weighted by Crippen LogP contribution is 2.30. The minimum atomic E-state index is 0.683. The van der Waals surface area contributed by atoms with Crippen molar-refractivity contribution >= 4 is 11.5 Å². The van der Waals surface area contributed by atoms with Crippen LogP contribution in [0.1, 0.15) is 12.8 Å². The Balaban J connectivity index is 1.58. The van der Waals surface area contributed by atoms with Crippen LogP contribution in [0, 0.1) is 5.92 Å². The molecule has 3 rings (SSSR count). The van der Waals surface area contributed by atoms with Crippen LogP contribution in [0.5, 0.6) is 0 Å². The van der Waals surface area contributed by atoms with Crippen molar-refractivity contribution in [1.82, 2.24) is 14.9 Å². The van der Waals surface area contributed by atoms with E-state index in [-0.39, 0.29) is 0 Å². The van der Waals surface area contributed by atoms with Crippen molar-refractivity contribution in [2.75, 3.05) is 43.4 Å². The molecule has 2 fully saturated rings. The summed E-state index contributed by atoms with van der Waals surface area (Å²) in [5.41, 5.74) is 6.58. The van der Waals surface area contributed by atoms with E-state index in [0.717, 1.165) is 37.9 Å². The predicted molar refractivity (Wildman–Crippen MR) is 67.8 cm³/mol. The Hall–Kier alpha value is -1.36. The molecule has 92 valence electrons. The number of nitrogen functional groups attached to an aromatic ring is 1. The van der Waals surface area contributed by atoms with Gasteiger partial charge in [-0.1, -0.05) is 0 Å². The molecule has 5 heteroatoms. The second-order valence-electron chi connectivity index (χ2n) is 5.03. The van der Waals surface area contributed by atoms with E-state index in [0.29, 0.717) is 5.69 Å². The standard InChI is InChI=1S/C12H19N5/c13-11-7-14-9-15-12(11)17-5-3-16(4-6-17)8-10-1-2-10/h7,9-10H,1-6,8,13H2. The van der Waals surface area contributed by atoms with Crippen molar-refractivity contribution in [3.8, 4) is 0 Å². The molecule has 2 N–H and O–H groups in total. The molecular weight excluding hydrogens is 214 g/mol. The van der Waals surface area contributed by atoms with Gasteiger partial charge >= 0.3 is 0 Å². The fraction of sp³-hybridized carbons (Fsp3) is 0.667. The van der Waals surface area contributed by atoms with Gasteiger partial charge < -0.3 is 10.6 Å². The van der Waals surface area contributed by atoms with Crippen LogP contribution in [0.4, 0.5) is 11.5 Å². The molecule has 1 aromatic rings. The Labute approximate surface area is 102 Å². The molecule has 0 atom stereocenters. The van der Waals surface area contributed by atoms with Crippen molar-refractivity contribution in [3.05, 3.63) is 12.5 Å². The second kappa shape index (κ2) is 4.49. The minimum absolute atomic E-state index is 0.683. The summed E-state index contributed by atoms with van der Waals surface area (Å²) in [7, 11) is 0. The van der Waals surface area contributed by atoms with Crippen LogP contribution in [-0.4, -0.2) is 47.6 Å². The molecule has 1 aliphatic heterocycles. The zero-order valence-corrected chi connectivity index (χ0v) is 10.0. The number of anilines is 2. The highest BCUT2D eigenvalue weighted by molar-refractivity contribution is 5.61. The third kappa shape index (κ3) is 2.49. The number of piperazine rings is 1. The molecule has 0 bridgehead atoms. The SMILES string of the molecule is Nc1cncnc1N1CCN(CC2CC2)CC1. The first kappa shape index (κ1) is 10.8. The lowest BCUT2D eigenvalue weighted by molar-refractivity contribution is 0.247. The Morgan fingerprint density at radius 3 is 2.65 bits per heavy atom. The van der Waals surface area contributed by atoms with Gasteiger partial charge in [0.2, 0.25) is 0 Å². The summed E-state index contributed by atoms with van der Waals surface area (Å²) in [4.78, 5) is 13.0. The maximum atomic E-state index is 5.90. The van der Waals surface area contributed by atoms with E-state index in [9.17, 15) is 0 Å². The summed E-state index contributed by atoms with van der Waals surface area (Å²) in [6.07, 6.45) is 6.11. The lowest BCUT2D eigenvalue weighted by Crippen LogP contribution is -2.47. The number of nitrogens with zero attached hydrogens (tertiary/aromatic N) is 4. The molecule has 1 aliphatic carbocycles. The molecule has 17 heavy (non-hydrogen) atoms. The lowest BCUT2D eigenvalue weighted by Gasteiger charge is -2.35. The largest absolute Gasteiger partial charge is 0.394 e. The van der Waals surface area contributed by atoms with Gasteiger partial charge in [0.25, 0.3) is 0 Å². The van der Waals surface area contributed by atoms with E-state index in [1.54, 1.807) is 12.5 Å². The summed E-state index contributed by atoms with van der Waals surface area (Å²) in [5.74, 6) is 1.87. The molecule has 0 aromatic carbocycles. The molecule has 1 saturated carbocycles. The molecule has 2 aliphatic rings. The van der Waals surface area contributed by atoms with E-state index < -0.39 is 0 Å². The van der Waals surface area contributed by atoms with E-state index in [2.05, 4.69) is 19.8 Å². The van der Waals surface area contributed by atoms with Crippen molar-refractivity contribution in [1.29, 1.82) is 0 Å². The van der Waals surface area contributed by atoms with Crippen molar-refractivity contribution in [2.24, 2.45) is 5.92 Å². The molecule has 0 spiro atoms. The highest BCUT2D eigenvalue weighted by atomic mass is 15.3. The lowest BCUT2D eigenvalue weighted by atomic mass is 10.2. The van der Waals surface area contributed by atoms with E-state index >= 15 is 0 Å². The number of hydrogen-bond acceptors (Lipinski definition) is 5. The van der Waals surface area contributed by atoms with Crippen LogP contribution in [0.2, 0.25) is 0 Å². The average molecular weight is 233 g/mol. The van der Waals surface area contributed by atoms with Gasteiger partial charge in [-0.2, -0.15) is 0 Å². The van der Waals surface area contributed by atoms with Gasteiger partial charge in [-0.05, 0) is 18.8 Å². The quantitative estimate of drug-likeness (QED) is 0.828.